The summed E-state index contributed by atoms with van der Waals surface area (Å²) in [6, 6.07) is 4.28. The molecule has 0 radical (unpaired) electrons. The lowest BCUT2D eigenvalue weighted by Gasteiger charge is -2.04. The van der Waals surface area contributed by atoms with Crippen molar-refractivity contribution in [1.29, 1.82) is 0 Å². The highest BCUT2D eigenvalue weighted by Crippen LogP contribution is 2.27. The molecule has 1 fully saturated rings. The van der Waals surface area contributed by atoms with Crippen molar-refractivity contribution in [3.05, 3.63) is 22.4 Å². The van der Waals surface area contributed by atoms with Crippen molar-refractivity contribution < 1.29 is 0 Å². The normalized spacial score (nSPS) is 16.0. The van der Waals surface area contributed by atoms with Crippen molar-refractivity contribution in [3.63, 3.8) is 0 Å². The average Bonchev–Trinajstić information content (AvgIpc) is 2.87. The van der Waals surface area contributed by atoms with Crippen LogP contribution in [-0.4, -0.2) is 19.6 Å². The molecule has 2 nitrogen and oxygen atoms in total. The molecule has 78 valence electrons. The fraction of sp³-hybridized carbons (Fsp3) is 0.636. The quantitative estimate of drug-likeness (QED) is 0.671. The van der Waals surface area contributed by atoms with Crippen LogP contribution in [0.2, 0.25) is 0 Å². The van der Waals surface area contributed by atoms with Crippen LogP contribution >= 0.6 is 11.3 Å². The molecule has 14 heavy (non-hydrogen) atoms. The molecule has 0 unspecified atom stereocenters. The Morgan fingerprint density at radius 2 is 2.14 bits per heavy atom. The molecule has 2 rings (SSSR count). The van der Waals surface area contributed by atoms with Gasteiger partial charge in [-0.05, 0) is 36.8 Å². The Bertz CT molecular complexity index is 242. The fourth-order valence-corrected chi connectivity index (χ4v) is 2.10. The van der Waals surface area contributed by atoms with Crippen molar-refractivity contribution in [2.45, 2.75) is 19.4 Å². The van der Waals surface area contributed by atoms with Crippen LogP contribution in [0.4, 0.5) is 0 Å². The van der Waals surface area contributed by atoms with Gasteiger partial charge in [0.2, 0.25) is 0 Å². The maximum absolute atomic E-state index is 3.47. The molecule has 1 saturated carbocycles. The lowest BCUT2D eigenvalue weighted by molar-refractivity contribution is 0.591. The largest absolute Gasteiger partial charge is 0.315 e. The Balaban J connectivity index is 1.43. The minimum atomic E-state index is 0.993. The van der Waals surface area contributed by atoms with Crippen LogP contribution in [0.5, 0.6) is 0 Å². The third-order valence-corrected chi connectivity index (χ3v) is 3.36. The highest BCUT2D eigenvalue weighted by Gasteiger charge is 2.19. The molecule has 1 aromatic rings. The zero-order chi connectivity index (χ0) is 9.64. The Labute approximate surface area is 89.7 Å². The zero-order valence-corrected chi connectivity index (χ0v) is 9.28. The first kappa shape index (κ1) is 10.1. The Morgan fingerprint density at radius 1 is 1.29 bits per heavy atom. The third-order valence-electron chi connectivity index (χ3n) is 2.49. The first-order valence-electron chi connectivity index (χ1n) is 5.39. The molecule has 1 aromatic heterocycles. The summed E-state index contributed by atoms with van der Waals surface area (Å²) in [4.78, 5) is 1.42. The van der Waals surface area contributed by atoms with Gasteiger partial charge in [-0.15, -0.1) is 11.3 Å². The minimum Gasteiger partial charge on any atom is -0.315 e. The summed E-state index contributed by atoms with van der Waals surface area (Å²) in [6.45, 7) is 4.41. The van der Waals surface area contributed by atoms with Crippen molar-refractivity contribution in [2.24, 2.45) is 5.92 Å². The van der Waals surface area contributed by atoms with Crippen molar-refractivity contribution in [2.75, 3.05) is 19.6 Å². The number of thiophene rings is 1. The van der Waals surface area contributed by atoms with Crippen LogP contribution in [0.25, 0.3) is 0 Å². The van der Waals surface area contributed by atoms with E-state index in [1.165, 1.54) is 24.3 Å². The van der Waals surface area contributed by atoms with Gasteiger partial charge >= 0.3 is 0 Å². The third kappa shape index (κ3) is 3.78. The highest BCUT2D eigenvalue weighted by atomic mass is 32.1. The fourth-order valence-electron chi connectivity index (χ4n) is 1.43. The summed E-state index contributed by atoms with van der Waals surface area (Å²) in [5, 5.41) is 9.03. The van der Waals surface area contributed by atoms with Gasteiger partial charge in [0.05, 0.1) is 0 Å². The number of rotatable bonds is 7. The summed E-state index contributed by atoms with van der Waals surface area (Å²) in [7, 11) is 0. The van der Waals surface area contributed by atoms with E-state index < -0.39 is 0 Å². The average molecular weight is 210 g/mol. The lowest BCUT2D eigenvalue weighted by Crippen LogP contribution is -2.28. The summed E-state index contributed by atoms with van der Waals surface area (Å²) in [5.41, 5.74) is 0. The second kappa shape index (κ2) is 5.49. The first-order chi connectivity index (χ1) is 6.95. The van der Waals surface area contributed by atoms with Crippen LogP contribution in [0, 0.1) is 5.92 Å². The van der Waals surface area contributed by atoms with E-state index in [0.717, 1.165) is 25.6 Å². The van der Waals surface area contributed by atoms with Gasteiger partial charge in [0.15, 0.2) is 0 Å². The van der Waals surface area contributed by atoms with E-state index in [-0.39, 0.29) is 0 Å². The molecular weight excluding hydrogens is 192 g/mol. The molecule has 1 aliphatic rings. The summed E-state index contributed by atoms with van der Waals surface area (Å²) >= 11 is 1.82. The highest BCUT2D eigenvalue weighted by molar-refractivity contribution is 7.09. The molecule has 0 aromatic carbocycles. The molecule has 1 heterocycles. The maximum atomic E-state index is 3.47. The second-order valence-electron chi connectivity index (χ2n) is 3.90. The van der Waals surface area contributed by atoms with Crippen molar-refractivity contribution in [3.8, 4) is 0 Å². The lowest BCUT2D eigenvalue weighted by atomic mass is 10.4. The molecule has 2 N–H and O–H groups in total. The molecule has 1 aliphatic carbocycles. The maximum Gasteiger partial charge on any atom is 0.0300 e. The van der Waals surface area contributed by atoms with Crippen molar-refractivity contribution in [1.82, 2.24) is 10.6 Å². The predicted octanol–water partition coefficient (Wildman–Crippen LogP) is 1.84. The summed E-state index contributed by atoms with van der Waals surface area (Å²) in [6.07, 6.45) is 2.88. The van der Waals surface area contributed by atoms with Gasteiger partial charge in [-0.3, -0.25) is 0 Å². The SMILES string of the molecule is c1csc(CNCCNCC2CC2)c1. The molecule has 3 heteroatoms. The van der Waals surface area contributed by atoms with Gasteiger partial charge in [0.25, 0.3) is 0 Å². The summed E-state index contributed by atoms with van der Waals surface area (Å²) in [5.74, 6) is 0.993. The van der Waals surface area contributed by atoms with Crippen LogP contribution in [-0.2, 0) is 6.54 Å². The van der Waals surface area contributed by atoms with E-state index in [1.807, 2.05) is 11.3 Å². The number of nitrogens with one attached hydrogen (secondary N) is 2. The zero-order valence-electron chi connectivity index (χ0n) is 8.46. The van der Waals surface area contributed by atoms with Crippen LogP contribution in [0.3, 0.4) is 0 Å². The van der Waals surface area contributed by atoms with Crippen LogP contribution in [0.15, 0.2) is 17.5 Å². The standard InChI is InChI=1S/C11H18N2S/c1-2-11(14-7-1)9-13-6-5-12-8-10-3-4-10/h1-2,7,10,12-13H,3-6,8-9H2. The molecule has 0 bridgehead atoms. The van der Waals surface area contributed by atoms with Crippen LogP contribution in [0.1, 0.15) is 17.7 Å². The van der Waals surface area contributed by atoms with E-state index in [0.29, 0.717) is 0 Å². The van der Waals surface area contributed by atoms with E-state index in [9.17, 15) is 0 Å². The topological polar surface area (TPSA) is 24.1 Å². The Morgan fingerprint density at radius 3 is 2.86 bits per heavy atom. The van der Waals surface area contributed by atoms with Crippen LogP contribution < -0.4 is 10.6 Å². The molecule has 0 spiro atoms. The Kier molecular flexibility index (Phi) is 3.98. The monoisotopic (exact) mass is 210 g/mol. The van der Waals surface area contributed by atoms with Gasteiger partial charge in [0.1, 0.15) is 0 Å². The van der Waals surface area contributed by atoms with E-state index in [1.54, 1.807) is 0 Å². The van der Waals surface area contributed by atoms with E-state index in [4.69, 9.17) is 0 Å². The number of hydrogen-bond acceptors (Lipinski definition) is 3. The molecule has 0 amide bonds. The van der Waals surface area contributed by atoms with Crippen molar-refractivity contribution >= 4 is 11.3 Å². The smallest absolute Gasteiger partial charge is 0.0300 e. The molecule has 0 aliphatic heterocycles. The van der Waals surface area contributed by atoms with Gasteiger partial charge < -0.3 is 10.6 Å². The van der Waals surface area contributed by atoms with Gasteiger partial charge in [0, 0.05) is 24.5 Å². The minimum absolute atomic E-state index is 0.993. The predicted molar refractivity (Wildman–Crippen MR) is 61.6 cm³/mol. The number of hydrogen-bond donors (Lipinski definition) is 2. The van der Waals surface area contributed by atoms with E-state index >= 15 is 0 Å². The van der Waals surface area contributed by atoms with E-state index in [2.05, 4.69) is 28.1 Å². The second-order valence-corrected chi connectivity index (χ2v) is 4.94. The Hall–Kier alpha value is -0.380. The summed E-state index contributed by atoms with van der Waals surface area (Å²) < 4.78 is 0. The molecule has 0 saturated heterocycles. The van der Waals surface area contributed by atoms with Gasteiger partial charge in [-0.1, -0.05) is 6.07 Å². The van der Waals surface area contributed by atoms with Gasteiger partial charge in [-0.2, -0.15) is 0 Å². The first-order valence-corrected chi connectivity index (χ1v) is 6.27. The molecular formula is C11H18N2S. The molecule has 0 atom stereocenters. The van der Waals surface area contributed by atoms with Gasteiger partial charge in [-0.25, -0.2) is 0 Å².